The summed E-state index contributed by atoms with van der Waals surface area (Å²) in [7, 11) is 1.75. The summed E-state index contributed by atoms with van der Waals surface area (Å²) in [6.07, 6.45) is 2.57. The average Bonchev–Trinajstić information content (AvgIpc) is 2.69. The number of aromatic nitrogens is 1. The number of carbonyl (C=O) groups is 1. The van der Waals surface area contributed by atoms with E-state index in [9.17, 15) is 9.59 Å². The summed E-state index contributed by atoms with van der Waals surface area (Å²) < 4.78 is 7.01. The van der Waals surface area contributed by atoms with E-state index in [2.05, 4.69) is 4.90 Å². The number of hydrogen-bond donors (Lipinski definition) is 0. The Bertz CT molecular complexity index is 884. The predicted molar refractivity (Wildman–Crippen MR) is 99.6 cm³/mol. The number of ether oxygens (including phenoxy) is 1. The third-order valence-corrected chi connectivity index (χ3v) is 5.19. The Balaban J connectivity index is 1.60. The Kier molecular flexibility index (Phi) is 4.51. The maximum Gasteiger partial charge on any atom is 0.256 e. The molecule has 1 aromatic carbocycles. The molecule has 6 nitrogen and oxygen atoms in total. The molecule has 0 radical (unpaired) electrons. The molecule has 2 aliphatic rings. The molecular weight excluding hydrogens is 330 g/mol. The first-order valence-corrected chi connectivity index (χ1v) is 9.03. The topological polar surface area (TPSA) is 54.8 Å². The Morgan fingerprint density at radius 2 is 1.85 bits per heavy atom. The van der Waals surface area contributed by atoms with Crippen LogP contribution in [0.2, 0.25) is 0 Å². The molecule has 3 heterocycles. The molecule has 6 heteroatoms. The summed E-state index contributed by atoms with van der Waals surface area (Å²) in [6, 6.07) is 9.50. The van der Waals surface area contributed by atoms with Crippen LogP contribution in [0.15, 0.2) is 41.3 Å². The van der Waals surface area contributed by atoms with Crippen molar-refractivity contribution in [3.8, 4) is 0 Å². The lowest BCUT2D eigenvalue weighted by molar-refractivity contribution is 0.0733. The van der Waals surface area contributed by atoms with E-state index in [1.165, 1.54) is 0 Å². The van der Waals surface area contributed by atoms with Gasteiger partial charge in [0, 0.05) is 51.2 Å². The Morgan fingerprint density at radius 1 is 1.08 bits per heavy atom. The van der Waals surface area contributed by atoms with Crippen molar-refractivity contribution >= 4 is 11.6 Å². The number of aryl methyl sites for hydroxylation is 1. The summed E-state index contributed by atoms with van der Waals surface area (Å²) in [5.74, 6) is 0.0478. The van der Waals surface area contributed by atoms with Gasteiger partial charge in [-0.1, -0.05) is 12.1 Å². The van der Waals surface area contributed by atoms with Gasteiger partial charge in [-0.25, -0.2) is 0 Å². The number of rotatable bonds is 2. The number of pyridine rings is 1. The minimum atomic E-state index is 0.00110. The highest BCUT2D eigenvalue weighted by molar-refractivity contribution is 6.00. The number of para-hydroxylation sites is 1. The molecule has 1 aromatic heterocycles. The van der Waals surface area contributed by atoms with Crippen LogP contribution in [-0.4, -0.2) is 48.2 Å². The molecule has 0 unspecified atom stereocenters. The van der Waals surface area contributed by atoms with Gasteiger partial charge in [0.25, 0.3) is 11.5 Å². The fourth-order valence-corrected chi connectivity index (χ4v) is 3.72. The summed E-state index contributed by atoms with van der Waals surface area (Å²) >= 11 is 0. The SMILES string of the molecule is Cn1cc2c(cc1=O)CCN(C(=O)c1ccccc1N1CCOCC1)C2. The zero-order valence-electron chi connectivity index (χ0n) is 15.0. The van der Waals surface area contributed by atoms with Crippen LogP contribution in [0.3, 0.4) is 0 Å². The first-order chi connectivity index (χ1) is 12.6. The van der Waals surface area contributed by atoms with E-state index in [1.807, 2.05) is 35.4 Å². The van der Waals surface area contributed by atoms with Crippen molar-refractivity contribution in [1.82, 2.24) is 9.47 Å². The molecule has 0 N–H and O–H groups in total. The van der Waals surface area contributed by atoms with E-state index in [0.717, 1.165) is 41.9 Å². The number of morpholine rings is 1. The maximum absolute atomic E-state index is 13.2. The van der Waals surface area contributed by atoms with Crippen molar-refractivity contribution in [1.29, 1.82) is 0 Å². The normalized spacial score (nSPS) is 17.1. The number of anilines is 1. The number of amides is 1. The van der Waals surface area contributed by atoms with Gasteiger partial charge in [-0.2, -0.15) is 0 Å². The standard InChI is InChI=1S/C20H23N3O3/c1-21-13-16-14-23(7-6-15(16)12-19(21)24)20(25)17-4-2-3-5-18(17)22-8-10-26-11-9-22/h2-5,12-13H,6-11,14H2,1H3. The third-order valence-electron chi connectivity index (χ3n) is 5.19. The van der Waals surface area contributed by atoms with Gasteiger partial charge >= 0.3 is 0 Å². The van der Waals surface area contributed by atoms with Crippen LogP contribution < -0.4 is 10.5 Å². The smallest absolute Gasteiger partial charge is 0.256 e. The molecule has 0 bridgehead atoms. The van der Waals surface area contributed by atoms with Crippen molar-refractivity contribution in [3.63, 3.8) is 0 Å². The van der Waals surface area contributed by atoms with Crippen molar-refractivity contribution < 1.29 is 9.53 Å². The first-order valence-electron chi connectivity index (χ1n) is 9.03. The number of nitrogens with zero attached hydrogens (tertiary/aromatic N) is 3. The Hall–Kier alpha value is -2.60. The number of hydrogen-bond acceptors (Lipinski definition) is 4. The summed E-state index contributed by atoms with van der Waals surface area (Å²) in [4.78, 5) is 29.1. The van der Waals surface area contributed by atoms with Gasteiger partial charge < -0.3 is 19.1 Å². The highest BCUT2D eigenvalue weighted by Crippen LogP contribution is 2.25. The highest BCUT2D eigenvalue weighted by Gasteiger charge is 2.26. The average molecular weight is 353 g/mol. The van der Waals surface area contributed by atoms with E-state index in [0.29, 0.717) is 26.3 Å². The van der Waals surface area contributed by atoms with Gasteiger partial charge in [-0.05, 0) is 29.7 Å². The van der Waals surface area contributed by atoms with Crippen LogP contribution in [0, 0.1) is 0 Å². The number of fused-ring (bicyclic) bond motifs is 1. The molecule has 1 amide bonds. The largest absolute Gasteiger partial charge is 0.378 e. The second-order valence-electron chi connectivity index (χ2n) is 6.87. The lowest BCUT2D eigenvalue weighted by Gasteiger charge is -2.33. The lowest BCUT2D eigenvalue weighted by atomic mass is 10.0. The quantitative estimate of drug-likeness (QED) is 0.819. The van der Waals surface area contributed by atoms with Crippen molar-refractivity contribution in [2.45, 2.75) is 13.0 Å². The molecule has 0 spiro atoms. The fraction of sp³-hybridized carbons (Fsp3) is 0.400. The fourth-order valence-electron chi connectivity index (χ4n) is 3.72. The van der Waals surface area contributed by atoms with Crippen LogP contribution in [0.5, 0.6) is 0 Å². The van der Waals surface area contributed by atoms with Crippen molar-refractivity contribution in [2.24, 2.45) is 7.05 Å². The molecule has 136 valence electrons. The Labute approximate surface area is 152 Å². The summed E-state index contributed by atoms with van der Waals surface area (Å²) in [5.41, 5.74) is 3.82. The summed E-state index contributed by atoms with van der Waals surface area (Å²) in [6.45, 7) is 4.15. The highest BCUT2D eigenvalue weighted by atomic mass is 16.5. The molecule has 0 saturated carbocycles. The lowest BCUT2D eigenvalue weighted by Crippen LogP contribution is -2.40. The third kappa shape index (κ3) is 3.12. The molecule has 2 aromatic rings. The monoisotopic (exact) mass is 353 g/mol. The van der Waals surface area contributed by atoms with Crippen molar-refractivity contribution in [3.05, 3.63) is 63.6 Å². The molecule has 1 fully saturated rings. The second kappa shape index (κ2) is 6.96. The zero-order valence-corrected chi connectivity index (χ0v) is 15.0. The Morgan fingerprint density at radius 3 is 2.65 bits per heavy atom. The van der Waals surface area contributed by atoms with Crippen LogP contribution in [0.25, 0.3) is 0 Å². The number of carbonyl (C=O) groups excluding carboxylic acids is 1. The number of benzene rings is 1. The van der Waals surface area contributed by atoms with E-state index in [-0.39, 0.29) is 11.5 Å². The predicted octanol–water partition coefficient (Wildman–Crippen LogP) is 1.42. The minimum absolute atomic E-state index is 0.00110. The maximum atomic E-state index is 13.2. The van der Waals surface area contributed by atoms with Crippen molar-refractivity contribution in [2.75, 3.05) is 37.7 Å². The molecule has 26 heavy (non-hydrogen) atoms. The molecule has 2 aliphatic heterocycles. The van der Waals surface area contributed by atoms with Gasteiger partial charge in [0.2, 0.25) is 0 Å². The first kappa shape index (κ1) is 16.8. The minimum Gasteiger partial charge on any atom is -0.378 e. The van der Waals surface area contributed by atoms with Crippen LogP contribution in [-0.2, 0) is 24.8 Å². The van der Waals surface area contributed by atoms with Gasteiger partial charge in [-0.15, -0.1) is 0 Å². The van der Waals surface area contributed by atoms with E-state index < -0.39 is 0 Å². The van der Waals surface area contributed by atoms with Gasteiger partial charge in [0.1, 0.15) is 0 Å². The van der Waals surface area contributed by atoms with Gasteiger partial charge in [0.15, 0.2) is 0 Å². The molecule has 1 saturated heterocycles. The molecule has 0 aliphatic carbocycles. The van der Waals surface area contributed by atoms with E-state index >= 15 is 0 Å². The van der Waals surface area contributed by atoms with Gasteiger partial charge in [-0.3, -0.25) is 9.59 Å². The molecule has 4 rings (SSSR count). The van der Waals surface area contributed by atoms with Gasteiger partial charge in [0.05, 0.1) is 18.8 Å². The molecular formula is C20H23N3O3. The van der Waals surface area contributed by atoms with Crippen LogP contribution in [0.1, 0.15) is 21.5 Å². The van der Waals surface area contributed by atoms with Crippen LogP contribution >= 0.6 is 0 Å². The van der Waals surface area contributed by atoms with E-state index in [4.69, 9.17) is 4.74 Å². The summed E-state index contributed by atoms with van der Waals surface area (Å²) in [5, 5.41) is 0. The zero-order chi connectivity index (χ0) is 18.1. The van der Waals surface area contributed by atoms with E-state index in [1.54, 1.807) is 17.7 Å². The van der Waals surface area contributed by atoms with Crippen LogP contribution in [0.4, 0.5) is 5.69 Å². The molecule has 0 atom stereocenters. The second-order valence-corrected chi connectivity index (χ2v) is 6.87.